The summed E-state index contributed by atoms with van der Waals surface area (Å²) in [6.45, 7) is 3.31. The molecular weight excluding hydrogens is 256 g/mol. The lowest BCUT2D eigenvalue weighted by molar-refractivity contribution is 0.0904. The van der Waals surface area contributed by atoms with Crippen LogP contribution in [-0.2, 0) is 0 Å². The van der Waals surface area contributed by atoms with E-state index in [0.29, 0.717) is 16.8 Å². The summed E-state index contributed by atoms with van der Waals surface area (Å²) in [7, 11) is 0. The maximum Gasteiger partial charge on any atom is 0.270 e. The van der Waals surface area contributed by atoms with E-state index in [-0.39, 0.29) is 11.9 Å². The molecule has 2 aliphatic heterocycles. The van der Waals surface area contributed by atoms with Crippen molar-refractivity contribution in [3.05, 3.63) is 24.4 Å². The number of rotatable bonds is 2. The predicted octanol–water partition coefficient (Wildman–Crippen LogP) is 1.05. The van der Waals surface area contributed by atoms with Crippen LogP contribution in [0.2, 0.25) is 0 Å². The molecule has 4 rings (SSSR count). The minimum absolute atomic E-state index is 0.123. The minimum Gasteiger partial charge on any atom is -0.442 e. The SMILES string of the molecule is O=C(N[C@@H]1C[C@@H]2CCN(C2)C1)c1cc2ncoc2cn1. The summed E-state index contributed by atoms with van der Waals surface area (Å²) in [6.07, 6.45) is 5.25. The Morgan fingerprint density at radius 2 is 2.35 bits per heavy atom. The molecule has 2 bridgehead atoms. The lowest BCUT2D eigenvalue weighted by atomic mass is 9.97. The van der Waals surface area contributed by atoms with Crippen LogP contribution in [0.3, 0.4) is 0 Å². The molecule has 6 heteroatoms. The number of carbonyl (C=O) groups excluding carboxylic acids is 1. The number of fused-ring (bicyclic) bond motifs is 3. The summed E-state index contributed by atoms with van der Waals surface area (Å²) in [5.41, 5.74) is 1.67. The minimum atomic E-state index is -0.123. The van der Waals surface area contributed by atoms with Crippen LogP contribution in [-0.4, -0.2) is 46.5 Å². The number of hydrogen-bond donors (Lipinski definition) is 1. The molecule has 0 radical (unpaired) electrons. The van der Waals surface area contributed by atoms with Gasteiger partial charge in [0.15, 0.2) is 12.0 Å². The van der Waals surface area contributed by atoms with E-state index in [9.17, 15) is 4.79 Å². The first-order chi connectivity index (χ1) is 9.78. The van der Waals surface area contributed by atoms with Gasteiger partial charge in [0.1, 0.15) is 11.2 Å². The number of amides is 1. The third-order valence-electron chi connectivity index (χ3n) is 4.25. The third-order valence-corrected chi connectivity index (χ3v) is 4.25. The Morgan fingerprint density at radius 3 is 3.25 bits per heavy atom. The standard InChI is InChI=1S/C14H16N4O2/c19-14(12-4-11-13(5-15-12)20-8-16-11)17-10-3-9-1-2-18(6-9)7-10/h4-5,8-10H,1-3,6-7H2,(H,17,19)/t9-,10+/m0/s1. The molecule has 2 saturated heterocycles. The zero-order valence-electron chi connectivity index (χ0n) is 11.1. The average Bonchev–Trinajstić information content (AvgIpc) is 3.04. The Bertz CT molecular complexity index is 641. The van der Waals surface area contributed by atoms with Crippen LogP contribution in [0.15, 0.2) is 23.1 Å². The first kappa shape index (κ1) is 11.8. The Balaban J connectivity index is 1.49. The van der Waals surface area contributed by atoms with Crippen LogP contribution in [0.25, 0.3) is 11.1 Å². The molecule has 1 amide bonds. The van der Waals surface area contributed by atoms with Gasteiger partial charge in [-0.1, -0.05) is 0 Å². The maximum absolute atomic E-state index is 12.3. The number of piperidine rings is 1. The van der Waals surface area contributed by atoms with Gasteiger partial charge in [0.2, 0.25) is 0 Å². The highest BCUT2D eigenvalue weighted by molar-refractivity contribution is 5.94. The lowest BCUT2D eigenvalue weighted by Crippen LogP contribution is -2.47. The van der Waals surface area contributed by atoms with Crippen molar-refractivity contribution in [2.45, 2.75) is 18.9 Å². The van der Waals surface area contributed by atoms with Crippen molar-refractivity contribution in [3.8, 4) is 0 Å². The molecule has 20 heavy (non-hydrogen) atoms. The van der Waals surface area contributed by atoms with Gasteiger partial charge in [-0.2, -0.15) is 0 Å². The first-order valence-corrected chi connectivity index (χ1v) is 7.00. The van der Waals surface area contributed by atoms with Gasteiger partial charge in [0.05, 0.1) is 6.20 Å². The zero-order valence-corrected chi connectivity index (χ0v) is 11.1. The smallest absolute Gasteiger partial charge is 0.270 e. The molecule has 2 aromatic heterocycles. The Labute approximate surface area is 116 Å². The molecule has 0 aliphatic carbocycles. The number of aromatic nitrogens is 2. The van der Waals surface area contributed by atoms with Gasteiger partial charge in [-0.05, 0) is 31.4 Å². The summed E-state index contributed by atoms with van der Waals surface area (Å²) in [6, 6.07) is 1.91. The molecule has 2 aromatic rings. The van der Waals surface area contributed by atoms with Crippen LogP contribution in [0.4, 0.5) is 0 Å². The van der Waals surface area contributed by atoms with Crippen LogP contribution >= 0.6 is 0 Å². The highest BCUT2D eigenvalue weighted by Gasteiger charge is 2.33. The second-order valence-corrected chi connectivity index (χ2v) is 5.71. The van der Waals surface area contributed by atoms with Crippen molar-refractivity contribution in [1.29, 1.82) is 0 Å². The second kappa shape index (κ2) is 4.56. The van der Waals surface area contributed by atoms with Gasteiger partial charge >= 0.3 is 0 Å². The van der Waals surface area contributed by atoms with Crippen molar-refractivity contribution in [1.82, 2.24) is 20.2 Å². The number of nitrogens with zero attached hydrogens (tertiary/aromatic N) is 3. The summed E-state index contributed by atoms with van der Waals surface area (Å²) in [4.78, 5) is 22.9. The fraction of sp³-hybridized carbons (Fsp3) is 0.500. The van der Waals surface area contributed by atoms with Crippen molar-refractivity contribution >= 4 is 17.0 Å². The Kier molecular flexibility index (Phi) is 2.70. The van der Waals surface area contributed by atoms with E-state index >= 15 is 0 Å². The van der Waals surface area contributed by atoms with Gasteiger partial charge < -0.3 is 14.6 Å². The second-order valence-electron chi connectivity index (χ2n) is 5.71. The molecule has 1 N–H and O–H groups in total. The van der Waals surface area contributed by atoms with E-state index in [0.717, 1.165) is 18.9 Å². The van der Waals surface area contributed by atoms with Crippen molar-refractivity contribution in [2.75, 3.05) is 19.6 Å². The van der Waals surface area contributed by atoms with Crippen LogP contribution < -0.4 is 5.32 Å². The van der Waals surface area contributed by atoms with Crippen LogP contribution in [0.1, 0.15) is 23.3 Å². The molecule has 0 saturated carbocycles. The molecule has 6 nitrogen and oxygen atoms in total. The molecule has 4 heterocycles. The van der Waals surface area contributed by atoms with Crippen molar-refractivity contribution < 1.29 is 9.21 Å². The van der Waals surface area contributed by atoms with Crippen LogP contribution in [0, 0.1) is 5.92 Å². The van der Waals surface area contributed by atoms with Crippen LogP contribution in [0.5, 0.6) is 0 Å². The number of nitrogens with one attached hydrogen (secondary N) is 1. The number of hydrogen-bond acceptors (Lipinski definition) is 5. The average molecular weight is 272 g/mol. The Morgan fingerprint density at radius 1 is 1.40 bits per heavy atom. The number of oxazole rings is 1. The highest BCUT2D eigenvalue weighted by Crippen LogP contribution is 2.26. The molecule has 104 valence electrons. The quantitative estimate of drug-likeness (QED) is 0.884. The molecule has 2 aliphatic rings. The van der Waals surface area contributed by atoms with Gasteiger partial charge in [0, 0.05) is 19.1 Å². The van der Waals surface area contributed by atoms with E-state index in [1.165, 1.54) is 25.9 Å². The molecular formula is C14H16N4O2. The summed E-state index contributed by atoms with van der Waals surface area (Å²) >= 11 is 0. The predicted molar refractivity (Wildman–Crippen MR) is 72.2 cm³/mol. The number of carbonyl (C=O) groups is 1. The number of pyridine rings is 1. The van der Waals surface area contributed by atoms with Gasteiger partial charge in [0.25, 0.3) is 5.91 Å². The van der Waals surface area contributed by atoms with Gasteiger partial charge in [-0.25, -0.2) is 9.97 Å². The summed E-state index contributed by atoms with van der Waals surface area (Å²) < 4.78 is 5.13. The van der Waals surface area contributed by atoms with E-state index in [1.807, 2.05) is 0 Å². The molecule has 1 unspecified atom stereocenters. The summed E-state index contributed by atoms with van der Waals surface area (Å²) in [5, 5.41) is 3.09. The normalized spacial score (nSPS) is 28.7. The lowest BCUT2D eigenvalue weighted by Gasteiger charge is -2.30. The van der Waals surface area contributed by atoms with Gasteiger partial charge in [-0.15, -0.1) is 0 Å². The summed E-state index contributed by atoms with van der Waals surface area (Å²) in [5.74, 6) is 0.613. The zero-order chi connectivity index (χ0) is 13.5. The molecule has 0 spiro atoms. The molecule has 3 atom stereocenters. The van der Waals surface area contributed by atoms with E-state index in [2.05, 4.69) is 20.2 Å². The monoisotopic (exact) mass is 272 g/mol. The van der Waals surface area contributed by atoms with E-state index < -0.39 is 0 Å². The maximum atomic E-state index is 12.3. The van der Waals surface area contributed by atoms with Crippen molar-refractivity contribution in [3.63, 3.8) is 0 Å². The fourth-order valence-electron chi connectivity index (χ4n) is 3.31. The van der Waals surface area contributed by atoms with E-state index in [4.69, 9.17) is 4.42 Å². The topological polar surface area (TPSA) is 71.3 Å². The fourth-order valence-corrected chi connectivity index (χ4v) is 3.31. The third kappa shape index (κ3) is 2.06. The molecule has 0 aromatic carbocycles. The highest BCUT2D eigenvalue weighted by atomic mass is 16.3. The molecule has 2 fully saturated rings. The first-order valence-electron chi connectivity index (χ1n) is 7.00. The largest absolute Gasteiger partial charge is 0.442 e. The van der Waals surface area contributed by atoms with Gasteiger partial charge in [-0.3, -0.25) is 4.79 Å². The Hall–Kier alpha value is -1.95. The van der Waals surface area contributed by atoms with Crippen molar-refractivity contribution in [2.24, 2.45) is 5.92 Å². The van der Waals surface area contributed by atoms with E-state index in [1.54, 1.807) is 12.3 Å².